The number of benzene rings is 1. The first-order chi connectivity index (χ1) is 9.10. The summed E-state index contributed by atoms with van der Waals surface area (Å²) in [6, 6.07) is 3.34. The fraction of sp³-hybridized carbons (Fsp3) is 0.364. The van der Waals surface area contributed by atoms with Gasteiger partial charge in [0.2, 0.25) is 0 Å². The van der Waals surface area contributed by atoms with Gasteiger partial charge in [-0.05, 0) is 23.7 Å². The number of halogens is 2. The quantitative estimate of drug-likeness (QED) is 0.286. The lowest BCUT2D eigenvalue weighted by Gasteiger charge is -2.17. The summed E-state index contributed by atoms with van der Waals surface area (Å²) in [7, 11) is 1.22. The molecule has 102 valence electrons. The van der Waals surface area contributed by atoms with Crippen molar-refractivity contribution in [2.24, 2.45) is 5.11 Å². The average molecular weight is 331 g/mol. The number of ether oxygens (including phenoxy) is 1. The Morgan fingerprint density at radius 3 is 3.05 bits per heavy atom. The molecule has 0 aromatic heterocycles. The SMILES string of the molecule is COC(=O)C(NCCN=[N+]=[N-])c1cc(Br)ccc1F. The number of nitrogens with zero attached hydrogens (tertiary/aromatic N) is 3. The van der Waals surface area contributed by atoms with E-state index in [-0.39, 0.29) is 18.7 Å². The highest BCUT2D eigenvalue weighted by atomic mass is 79.9. The maximum Gasteiger partial charge on any atom is 0.327 e. The van der Waals surface area contributed by atoms with Crippen molar-refractivity contribution in [2.75, 3.05) is 20.2 Å². The van der Waals surface area contributed by atoms with Crippen molar-refractivity contribution >= 4 is 21.9 Å². The molecule has 0 radical (unpaired) electrons. The van der Waals surface area contributed by atoms with Gasteiger partial charge in [-0.25, -0.2) is 9.18 Å². The Bertz CT molecular complexity index is 505. The minimum atomic E-state index is -0.948. The molecule has 0 aliphatic heterocycles. The summed E-state index contributed by atoms with van der Waals surface area (Å²) >= 11 is 3.22. The zero-order valence-corrected chi connectivity index (χ0v) is 11.7. The van der Waals surface area contributed by atoms with E-state index in [2.05, 4.69) is 36.0 Å². The van der Waals surface area contributed by atoms with Crippen molar-refractivity contribution in [3.63, 3.8) is 0 Å². The molecule has 1 unspecified atom stereocenters. The van der Waals surface area contributed by atoms with E-state index >= 15 is 0 Å². The minimum absolute atomic E-state index is 0.152. The van der Waals surface area contributed by atoms with E-state index in [1.807, 2.05) is 0 Å². The smallest absolute Gasteiger partial charge is 0.327 e. The lowest BCUT2D eigenvalue weighted by atomic mass is 10.1. The summed E-state index contributed by atoms with van der Waals surface area (Å²) in [5.74, 6) is -1.13. The van der Waals surface area contributed by atoms with Gasteiger partial charge in [0.15, 0.2) is 0 Å². The van der Waals surface area contributed by atoms with Gasteiger partial charge in [0.25, 0.3) is 0 Å². The van der Waals surface area contributed by atoms with Gasteiger partial charge < -0.3 is 10.1 Å². The van der Waals surface area contributed by atoms with Gasteiger partial charge in [-0.2, -0.15) is 0 Å². The number of hydrogen-bond acceptors (Lipinski definition) is 4. The Hall–Kier alpha value is -1.63. The van der Waals surface area contributed by atoms with Crippen molar-refractivity contribution in [3.8, 4) is 0 Å². The standard InChI is InChI=1S/C11H12BrFN4O2/c1-19-11(18)10(15-4-5-16-17-14)8-6-7(12)2-3-9(8)13/h2-3,6,10,15H,4-5H2,1H3. The lowest BCUT2D eigenvalue weighted by Crippen LogP contribution is -2.32. The van der Waals surface area contributed by atoms with Crippen LogP contribution in [0.4, 0.5) is 4.39 Å². The summed E-state index contributed by atoms with van der Waals surface area (Å²) in [5.41, 5.74) is 8.33. The number of carbonyl (C=O) groups excluding carboxylic acids is 1. The Balaban J connectivity index is 2.92. The van der Waals surface area contributed by atoms with Gasteiger partial charge in [0.05, 0.1) is 7.11 Å². The number of rotatable bonds is 6. The highest BCUT2D eigenvalue weighted by molar-refractivity contribution is 9.10. The second-order valence-corrected chi connectivity index (χ2v) is 4.45. The third kappa shape index (κ3) is 4.51. The van der Waals surface area contributed by atoms with Crippen LogP contribution in [0, 0.1) is 5.82 Å². The molecule has 0 aliphatic rings. The van der Waals surface area contributed by atoms with E-state index in [4.69, 9.17) is 5.53 Å². The van der Waals surface area contributed by atoms with Crippen LogP contribution in [0.15, 0.2) is 27.8 Å². The molecule has 0 spiro atoms. The lowest BCUT2D eigenvalue weighted by molar-refractivity contribution is -0.143. The van der Waals surface area contributed by atoms with E-state index in [0.29, 0.717) is 4.47 Å². The van der Waals surface area contributed by atoms with E-state index in [0.717, 1.165) is 0 Å². The molecular formula is C11H12BrFN4O2. The van der Waals surface area contributed by atoms with Crippen molar-refractivity contribution in [1.29, 1.82) is 0 Å². The molecule has 19 heavy (non-hydrogen) atoms. The van der Waals surface area contributed by atoms with Gasteiger partial charge in [-0.15, -0.1) is 0 Å². The number of hydrogen-bond donors (Lipinski definition) is 1. The van der Waals surface area contributed by atoms with E-state index in [9.17, 15) is 9.18 Å². The maximum absolute atomic E-state index is 13.7. The maximum atomic E-state index is 13.7. The van der Waals surface area contributed by atoms with Crippen LogP contribution in [0.25, 0.3) is 10.4 Å². The Morgan fingerprint density at radius 2 is 2.42 bits per heavy atom. The number of carbonyl (C=O) groups is 1. The monoisotopic (exact) mass is 330 g/mol. The van der Waals surface area contributed by atoms with Crippen molar-refractivity contribution in [3.05, 3.63) is 44.5 Å². The second kappa shape index (κ2) is 7.73. The normalized spacial score (nSPS) is 11.5. The number of nitrogens with one attached hydrogen (secondary N) is 1. The third-order valence-electron chi connectivity index (χ3n) is 2.33. The van der Waals surface area contributed by atoms with Crippen LogP contribution in [0.2, 0.25) is 0 Å². The molecule has 1 N–H and O–H groups in total. The first kappa shape index (κ1) is 15.4. The van der Waals surface area contributed by atoms with Crippen molar-refractivity contribution < 1.29 is 13.9 Å². The molecule has 0 bridgehead atoms. The summed E-state index contributed by atoms with van der Waals surface area (Å²) in [5, 5.41) is 6.11. The molecule has 1 rings (SSSR count). The van der Waals surface area contributed by atoms with E-state index < -0.39 is 17.8 Å². The van der Waals surface area contributed by atoms with Crippen LogP contribution in [0.5, 0.6) is 0 Å². The first-order valence-corrected chi connectivity index (χ1v) is 6.16. The predicted molar refractivity (Wildman–Crippen MR) is 70.9 cm³/mol. The van der Waals surface area contributed by atoms with Crippen LogP contribution in [-0.2, 0) is 9.53 Å². The molecule has 0 saturated carbocycles. The molecule has 1 aromatic rings. The fourth-order valence-corrected chi connectivity index (χ4v) is 1.86. The van der Waals surface area contributed by atoms with Crippen LogP contribution in [0.3, 0.4) is 0 Å². The molecule has 0 amide bonds. The first-order valence-electron chi connectivity index (χ1n) is 5.37. The number of methoxy groups -OCH3 is 1. The molecule has 0 fully saturated rings. The van der Waals surface area contributed by atoms with Gasteiger partial charge in [0.1, 0.15) is 11.9 Å². The highest BCUT2D eigenvalue weighted by Gasteiger charge is 2.23. The van der Waals surface area contributed by atoms with Gasteiger partial charge in [-0.3, -0.25) is 0 Å². The molecular weight excluding hydrogens is 319 g/mol. The van der Waals surface area contributed by atoms with Crippen LogP contribution >= 0.6 is 15.9 Å². The Labute approximate surface area is 117 Å². The van der Waals surface area contributed by atoms with Gasteiger partial charge in [0, 0.05) is 28.0 Å². The van der Waals surface area contributed by atoms with Crippen LogP contribution in [0.1, 0.15) is 11.6 Å². The molecule has 8 heteroatoms. The topological polar surface area (TPSA) is 87.1 Å². The fourth-order valence-electron chi connectivity index (χ4n) is 1.48. The van der Waals surface area contributed by atoms with Crippen LogP contribution < -0.4 is 5.32 Å². The highest BCUT2D eigenvalue weighted by Crippen LogP contribution is 2.22. The molecule has 0 saturated heterocycles. The summed E-state index contributed by atoms with van der Waals surface area (Å²) in [6.45, 7) is 0.384. The van der Waals surface area contributed by atoms with Gasteiger partial charge >= 0.3 is 5.97 Å². The average Bonchev–Trinajstić information content (AvgIpc) is 2.41. The summed E-state index contributed by atoms with van der Waals surface area (Å²) < 4.78 is 19.0. The minimum Gasteiger partial charge on any atom is -0.468 e. The van der Waals surface area contributed by atoms with Gasteiger partial charge in [-0.1, -0.05) is 21.0 Å². The molecule has 1 atom stereocenters. The van der Waals surface area contributed by atoms with Crippen LogP contribution in [-0.4, -0.2) is 26.2 Å². The number of esters is 1. The molecule has 0 heterocycles. The Kier molecular flexibility index (Phi) is 6.27. The van der Waals surface area contributed by atoms with E-state index in [1.165, 1.54) is 25.3 Å². The summed E-state index contributed by atoms with van der Waals surface area (Å²) in [6.07, 6.45) is 0. The molecule has 1 aromatic carbocycles. The largest absolute Gasteiger partial charge is 0.468 e. The molecule has 0 aliphatic carbocycles. The zero-order chi connectivity index (χ0) is 14.3. The van der Waals surface area contributed by atoms with Crippen molar-refractivity contribution in [1.82, 2.24) is 5.32 Å². The Morgan fingerprint density at radius 1 is 1.68 bits per heavy atom. The van der Waals surface area contributed by atoms with E-state index in [1.54, 1.807) is 0 Å². The van der Waals surface area contributed by atoms with Crippen molar-refractivity contribution in [2.45, 2.75) is 6.04 Å². The second-order valence-electron chi connectivity index (χ2n) is 3.53. The third-order valence-corrected chi connectivity index (χ3v) is 2.82. The zero-order valence-electron chi connectivity index (χ0n) is 10.1. The summed E-state index contributed by atoms with van der Waals surface area (Å²) in [4.78, 5) is 14.3. The predicted octanol–water partition coefficient (Wildman–Crippen LogP) is 2.70. The molecule has 6 nitrogen and oxygen atoms in total. The number of azide groups is 1.